The number of aliphatic hydroxyl groups is 1. The van der Waals surface area contributed by atoms with Crippen LogP contribution in [-0.4, -0.2) is 92.4 Å². The van der Waals surface area contributed by atoms with E-state index in [4.69, 9.17) is 23.7 Å². The van der Waals surface area contributed by atoms with Crippen molar-refractivity contribution in [1.82, 2.24) is 9.80 Å². The Balaban J connectivity index is 1.52. The van der Waals surface area contributed by atoms with E-state index in [0.29, 0.717) is 86.7 Å². The Hall–Kier alpha value is -3.76. The largest absolute Gasteiger partial charge is 0.507 e. The van der Waals surface area contributed by atoms with Gasteiger partial charge in [-0.15, -0.1) is 0 Å². The summed E-state index contributed by atoms with van der Waals surface area (Å²) < 4.78 is 28.5. The van der Waals surface area contributed by atoms with E-state index in [9.17, 15) is 14.7 Å². The molecule has 0 spiro atoms. The quantitative estimate of drug-likeness (QED) is 0.247. The number of fused-ring (bicyclic) bond motifs is 1. The number of amides is 1. The molecule has 1 unspecified atom stereocenters. The lowest BCUT2D eigenvalue weighted by molar-refractivity contribution is -0.140. The van der Waals surface area contributed by atoms with Crippen molar-refractivity contribution in [1.29, 1.82) is 0 Å². The van der Waals surface area contributed by atoms with Crippen molar-refractivity contribution in [2.75, 3.05) is 65.8 Å². The Kier molecular flexibility index (Phi) is 9.31. The summed E-state index contributed by atoms with van der Waals surface area (Å²) in [5.74, 6) is 0.540. The average molecular weight is 567 g/mol. The third-order valence-electron chi connectivity index (χ3n) is 7.38. The molecule has 1 amide bonds. The van der Waals surface area contributed by atoms with Gasteiger partial charge in [0.15, 0.2) is 23.0 Å². The molecular weight excluding hydrogens is 528 g/mol. The zero-order valence-electron chi connectivity index (χ0n) is 23.7. The van der Waals surface area contributed by atoms with Gasteiger partial charge in [-0.1, -0.05) is 13.0 Å². The van der Waals surface area contributed by atoms with Gasteiger partial charge >= 0.3 is 0 Å². The number of ether oxygens (including phenoxy) is 5. The monoisotopic (exact) mass is 566 g/mol. The second kappa shape index (κ2) is 13.3. The molecule has 220 valence electrons. The van der Waals surface area contributed by atoms with Gasteiger partial charge in [-0.25, -0.2) is 0 Å². The van der Waals surface area contributed by atoms with E-state index in [1.54, 1.807) is 35.2 Å². The SMILES string of the molecule is CCCOc1ccc(C2/C(=C(\O)c3ccc4c(c3)OCCO4)C(=O)C(=O)N2CCCN2CCOCC2)cc1OCC. The molecule has 3 aliphatic rings. The number of likely N-dealkylation sites (tertiary alicyclic amines) is 1. The number of Topliss-reactive ketones (excluding diaryl/α,β-unsaturated/α-hetero) is 1. The zero-order valence-corrected chi connectivity index (χ0v) is 23.7. The summed E-state index contributed by atoms with van der Waals surface area (Å²) in [6.07, 6.45) is 1.51. The van der Waals surface area contributed by atoms with Crippen molar-refractivity contribution < 1.29 is 38.4 Å². The highest BCUT2D eigenvalue weighted by Crippen LogP contribution is 2.43. The standard InChI is InChI=1S/C31H38N2O8/c1-3-14-39-23-8-6-21(19-25(23)38-4-2)28-27(29(34)22-7-9-24-26(20-22)41-18-17-40-24)30(35)31(36)33(28)11-5-10-32-12-15-37-16-13-32/h6-9,19-20,28,34H,3-5,10-18H2,1-2H3/b29-27+. The molecule has 3 heterocycles. The molecule has 41 heavy (non-hydrogen) atoms. The number of nitrogens with zero attached hydrogens (tertiary/aromatic N) is 2. The minimum absolute atomic E-state index is 0.0303. The average Bonchev–Trinajstić information content (AvgIpc) is 3.25. The van der Waals surface area contributed by atoms with Crippen LogP contribution in [0.25, 0.3) is 5.76 Å². The van der Waals surface area contributed by atoms with Gasteiger partial charge in [-0.05, 0) is 55.7 Å². The molecule has 0 bridgehead atoms. The number of ketones is 1. The first-order chi connectivity index (χ1) is 20.0. The maximum absolute atomic E-state index is 13.5. The van der Waals surface area contributed by atoms with Crippen molar-refractivity contribution in [2.24, 2.45) is 0 Å². The lowest BCUT2D eigenvalue weighted by atomic mass is 9.94. The third-order valence-corrected chi connectivity index (χ3v) is 7.38. The highest BCUT2D eigenvalue weighted by atomic mass is 16.6. The highest BCUT2D eigenvalue weighted by Gasteiger charge is 2.46. The molecule has 0 radical (unpaired) electrons. The summed E-state index contributed by atoms with van der Waals surface area (Å²) in [6.45, 7) is 9.86. The van der Waals surface area contributed by atoms with Gasteiger partial charge in [0.1, 0.15) is 19.0 Å². The minimum Gasteiger partial charge on any atom is -0.507 e. The van der Waals surface area contributed by atoms with E-state index in [0.717, 1.165) is 26.1 Å². The lowest BCUT2D eigenvalue weighted by Gasteiger charge is -2.29. The molecule has 2 fully saturated rings. The minimum atomic E-state index is -0.799. The predicted molar refractivity (Wildman–Crippen MR) is 152 cm³/mol. The molecule has 10 nitrogen and oxygen atoms in total. The van der Waals surface area contributed by atoms with Crippen molar-refractivity contribution in [2.45, 2.75) is 32.7 Å². The van der Waals surface area contributed by atoms with Gasteiger partial charge in [0.2, 0.25) is 0 Å². The molecule has 2 saturated heterocycles. The van der Waals surface area contributed by atoms with E-state index in [1.165, 1.54) is 0 Å². The van der Waals surface area contributed by atoms with Crippen molar-refractivity contribution in [3.8, 4) is 23.0 Å². The Bertz CT molecular complexity index is 1290. The van der Waals surface area contributed by atoms with Crippen LogP contribution in [-0.2, 0) is 14.3 Å². The summed E-state index contributed by atoms with van der Waals surface area (Å²) in [6, 6.07) is 9.64. The van der Waals surface area contributed by atoms with Gasteiger partial charge in [0.05, 0.1) is 38.0 Å². The first-order valence-corrected chi connectivity index (χ1v) is 14.4. The summed E-state index contributed by atoms with van der Waals surface area (Å²) >= 11 is 0. The van der Waals surface area contributed by atoms with E-state index in [-0.39, 0.29) is 11.3 Å². The topological polar surface area (TPSA) is 107 Å². The zero-order chi connectivity index (χ0) is 28.8. The maximum Gasteiger partial charge on any atom is 0.295 e. The molecule has 2 aromatic rings. The van der Waals surface area contributed by atoms with Crippen LogP contribution < -0.4 is 18.9 Å². The molecule has 0 saturated carbocycles. The number of rotatable bonds is 11. The summed E-state index contributed by atoms with van der Waals surface area (Å²) in [7, 11) is 0. The molecule has 2 aromatic carbocycles. The van der Waals surface area contributed by atoms with Crippen LogP contribution in [0, 0.1) is 0 Å². The van der Waals surface area contributed by atoms with Crippen LogP contribution in [0.5, 0.6) is 23.0 Å². The number of hydrogen-bond donors (Lipinski definition) is 1. The predicted octanol–water partition coefficient (Wildman–Crippen LogP) is 3.79. The molecular formula is C31H38N2O8. The number of benzene rings is 2. The molecule has 3 aliphatic heterocycles. The van der Waals surface area contributed by atoms with Crippen LogP contribution in [0.1, 0.15) is 43.9 Å². The van der Waals surface area contributed by atoms with Gasteiger partial charge in [0.25, 0.3) is 11.7 Å². The number of aliphatic hydroxyl groups excluding tert-OH is 1. The molecule has 5 rings (SSSR count). The first kappa shape index (κ1) is 28.8. The van der Waals surface area contributed by atoms with E-state index >= 15 is 0 Å². The van der Waals surface area contributed by atoms with Crippen LogP contribution >= 0.6 is 0 Å². The van der Waals surface area contributed by atoms with Crippen LogP contribution in [0.2, 0.25) is 0 Å². The Labute approximate surface area is 240 Å². The Morgan fingerprint density at radius 2 is 1.71 bits per heavy atom. The number of morpholine rings is 1. The van der Waals surface area contributed by atoms with Gasteiger partial charge in [-0.2, -0.15) is 0 Å². The number of carbonyl (C=O) groups excluding carboxylic acids is 2. The molecule has 10 heteroatoms. The normalized spacial score (nSPS) is 20.3. The maximum atomic E-state index is 13.5. The lowest BCUT2D eigenvalue weighted by Crippen LogP contribution is -2.39. The Morgan fingerprint density at radius 1 is 0.927 bits per heavy atom. The van der Waals surface area contributed by atoms with E-state index in [2.05, 4.69) is 4.90 Å². The summed E-state index contributed by atoms with van der Waals surface area (Å²) in [5, 5.41) is 11.5. The number of carbonyl (C=O) groups is 2. The van der Waals surface area contributed by atoms with Gasteiger partial charge < -0.3 is 33.7 Å². The fraction of sp³-hybridized carbons (Fsp3) is 0.484. The number of hydrogen-bond acceptors (Lipinski definition) is 9. The second-order valence-corrected chi connectivity index (χ2v) is 10.1. The van der Waals surface area contributed by atoms with Crippen molar-refractivity contribution >= 4 is 17.4 Å². The van der Waals surface area contributed by atoms with E-state index < -0.39 is 17.7 Å². The third kappa shape index (κ3) is 6.28. The van der Waals surface area contributed by atoms with Crippen LogP contribution in [0.3, 0.4) is 0 Å². The van der Waals surface area contributed by atoms with Crippen molar-refractivity contribution in [3.05, 3.63) is 53.1 Å². The van der Waals surface area contributed by atoms with Crippen LogP contribution in [0.15, 0.2) is 42.0 Å². The first-order valence-electron chi connectivity index (χ1n) is 14.4. The van der Waals surface area contributed by atoms with Crippen LogP contribution in [0.4, 0.5) is 0 Å². The highest BCUT2D eigenvalue weighted by molar-refractivity contribution is 6.46. The Morgan fingerprint density at radius 3 is 2.46 bits per heavy atom. The summed E-state index contributed by atoms with van der Waals surface area (Å²) in [5.41, 5.74) is 1.06. The van der Waals surface area contributed by atoms with E-state index in [1.807, 2.05) is 19.9 Å². The fourth-order valence-electron chi connectivity index (χ4n) is 5.39. The second-order valence-electron chi connectivity index (χ2n) is 10.1. The molecule has 0 aromatic heterocycles. The fourth-order valence-corrected chi connectivity index (χ4v) is 5.39. The van der Waals surface area contributed by atoms with Gasteiger partial charge in [0, 0.05) is 31.7 Å². The smallest absolute Gasteiger partial charge is 0.295 e. The summed E-state index contributed by atoms with van der Waals surface area (Å²) in [4.78, 5) is 30.9. The molecule has 0 aliphatic carbocycles. The molecule has 1 atom stereocenters. The molecule has 1 N–H and O–H groups in total. The van der Waals surface area contributed by atoms with Crippen molar-refractivity contribution in [3.63, 3.8) is 0 Å². The van der Waals surface area contributed by atoms with Gasteiger partial charge in [-0.3, -0.25) is 14.5 Å².